The Labute approximate surface area is 194 Å². The molecule has 1 amide bonds. The lowest BCUT2D eigenvalue weighted by Crippen LogP contribution is -2.42. The van der Waals surface area contributed by atoms with Crippen molar-refractivity contribution in [2.75, 3.05) is 31.4 Å². The molecule has 4 rings (SSSR count). The van der Waals surface area contributed by atoms with Gasteiger partial charge in [0.1, 0.15) is 29.9 Å². The topological polar surface area (TPSA) is 76.6 Å². The van der Waals surface area contributed by atoms with E-state index in [1.807, 2.05) is 6.07 Å². The molecule has 32 heavy (non-hydrogen) atoms. The maximum Gasteiger partial charge on any atom is 0.237 e. The van der Waals surface area contributed by atoms with Gasteiger partial charge in [-0.3, -0.25) is 4.79 Å². The summed E-state index contributed by atoms with van der Waals surface area (Å²) in [5, 5.41) is 3.87. The van der Waals surface area contributed by atoms with Gasteiger partial charge in [-0.2, -0.15) is 0 Å². The van der Waals surface area contributed by atoms with Crippen LogP contribution in [0.2, 0.25) is 5.02 Å². The Hall–Kier alpha value is -2.84. The molecule has 10 heteroatoms. The number of rotatable bonds is 6. The van der Waals surface area contributed by atoms with Gasteiger partial charge in [0, 0.05) is 43.1 Å². The van der Waals surface area contributed by atoms with Gasteiger partial charge in [0.2, 0.25) is 5.91 Å². The first-order chi connectivity index (χ1) is 15.5. The van der Waals surface area contributed by atoms with Crippen molar-refractivity contribution < 1.29 is 18.7 Å². The Bertz CT molecular complexity index is 1140. The van der Waals surface area contributed by atoms with Gasteiger partial charge in [0.05, 0.1) is 17.6 Å². The van der Waals surface area contributed by atoms with Crippen molar-refractivity contribution in [3.63, 3.8) is 0 Å². The minimum atomic E-state index is -0.496. The van der Waals surface area contributed by atoms with E-state index in [4.69, 9.17) is 32.7 Å². The molecule has 0 radical (unpaired) electrons. The number of anilines is 2. The van der Waals surface area contributed by atoms with Crippen LogP contribution < -0.4 is 14.8 Å². The molecule has 0 aliphatic carbocycles. The van der Waals surface area contributed by atoms with Crippen LogP contribution in [0.15, 0.2) is 36.7 Å². The molecule has 1 saturated heterocycles. The van der Waals surface area contributed by atoms with E-state index in [9.17, 15) is 9.18 Å². The predicted molar refractivity (Wildman–Crippen MR) is 122 cm³/mol. The fourth-order valence-corrected chi connectivity index (χ4v) is 3.96. The molecule has 1 fully saturated rings. The van der Waals surface area contributed by atoms with Crippen molar-refractivity contribution in [2.24, 2.45) is 0 Å². The van der Waals surface area contributed by atoms with E-state index in [0.29, 0.717) is 59.8 Å². The van der Waals surface area contributed by atoms with E-state index in [1.54, 1.807) is 24.1 Å². The molecule has 0 saturated carbocycles. The lowest BCUT2D eigenvalue weighted by atomic mass is 10.1. The van der Waals surface area contributed by atoms with E-state index >= 15 is 0 Å². The van der Waals surface area contributed by atoms with Crippen LogP contribution in [-0.2, 0) is 4.79 Å². The van der Waals surface area contributed by atoms with Gasteiger partial charge in [-0.15, -0.1) is 11.6 Å². The summed E-state index contributed by atoms with van der Waals surface area (Å²) in [5.41, 5.74) is 1.24. The summed E-state index contributed by atoms with van der Waals surface area (Å²) in [5.74, 6) is 1.04. The first-order valence-corrected chi connectivity index (χ1v) is 10.9. The number of fused-ring (bicyclic) bond motifs is 1. The summed E-state index contributed by atoms with van der Waals surface area (Å²) in [7, 11) is 1.57. The zero-order valence-corrected chi connectivity index (χ0v) is 18.8. The summed E-state index contributed by atoms with van der Waals surface area (Å²) >= 11 is 11.5. The van der Waals surface area contributed by atoms with Crippen molar-refractivity contribution in [3.05, 3.63) is 47.5 Å². The number of nitrogens with one attached hydrogen (secondary N) is 1. The van der Waals surface area contributed by atoms with E-state index in [2.05, 4.69) is 15.3 Å². The lowest BCUT2D eigenvalue weighted by Gasteiger charge is -2.32. The number of benzene rings is 2. The molecular formula is C22H21Cl2FN4O3. The third-order valence-electron chi connectivity index (χ3n) is 5.31. The van der Waals surface area contributed by atoms with Crippen molar-refractivity contribution in [2.45, 2.75) is 18.9 Å². The molecule has 0 unspecified atom stereocenters. The largest absolute Gasteiger partial charge is 0.493 e. The Morgan fingerprint density at radius 2 is 2.00 bits per heavy atom. The highest BCUT2D eigenvalue weighted by molar-refractivity contribution is 6.31. The number of aromatic nitrogens is 2. The molecule has 7 nitrogen and oxygen atoms in total. The molecule has 2 heterocycles. The van der Waals surface area contributed by atoms with E-state index in [1.165, 1.54) is 18.5 Å². The number of hydrogen-bond donors (Lipinski definition) is 1. The third kappa shape index (κ3) is 4.81. The number of piperidine rings is 1. The average molecular weight is 479 g/mol. The molecule has 3 aromatic rings. The van der Waals surface area contributed by atoms with Crippen LogP contribution in [-0.4, -0.2) is 53.0 Å². The number of carbonyl (C=O) groups is 1. The number of hydrogen-bond acceptors (Lipinski definition) is 6. The minimum Gasteiger partial charge on any atom is -0.493 e. The number of likely N-dealkylation sites (tertiary alicyclic amines) is 1. The number of alkyl halides is 1. The third-order valence-corrected chi connectivity index (χ3v) is 5.82. The molecule has 1 aromatic heterocycles. The number of carbonyl (C=O) groups excluding carboxylic acids is 1. The summed E-state index contributed by atoms with van der Waals surface area (Å²) in [4.78, 5) is 22.2. The van der Waals surface area contributed by atoms with Gasteiger partial charge >= 0.3 is 0 Å². The summed E-state index contributed by atoms with van der Waals surface area (Å²) in [6.45, 7) is 1.18. The average Bonchev–Trinajstić information content (AvgIpc) is 2.81. The van der Waals surface area contributed by atoms with Crippen LogP contribution in [0.4, 0.5) is 15.9 Å². The molecular weight excluding hydrogens is 458 g/mol. The molecule has 0 bridgehead atoms. The summed E-state index contributed by atoms with van der Waals surface area (Å²) in [6, 6.07) is 7.94. The normalized spacial score (nSPS) is 14.4. The molecule has 1 aliphatic rings. The predicted octanol–water partition coefficient (Wildman–Crippen LogP) is 4.78. The highest BCUT2D eigenvalue weighted by Gasteiger charge is 2.24. The van der Waals surface area contributed by atoms with Gasteiger partial charge in [-0.05, 0) is 24.3 Å². The maximum atomic E-state index is 13.5. The quantitative estimate of drug-likeness (QED) is 0.513. The monoisotopic (exact) mass is 478 g/mol. The van der Waals surface area contributed by atoms with Gasteiger partial charge in [0.25, 0.3) is 0 Å². The molecule has 168 valence electrons. The van der Waals surface area contributed by atoms with E-state index < -0.39 is 5.82 Å². The smallest absolute Gasteiger partial charge is 0.237 e. The Balaban J connectivity index is 1.59. The second kappa shape index (κ2) is 9.75. The highest BCUT2D eigenvalue weighted by Crippen LogP contribution is 2.36. The first kappa shape index (κ1) is 22.4. The van der Waals surface area contributed by atoms with Crippen LogP contribution in [0.1, 0.15) is 12.8 Å². The van der Waals surface area contributed by atoms with Gasteiger partial charge in [-0.25, -0.2) is 14.4 Å². The molecule has 0 spiro atoms. The van der Waals surface area contributed by atoms with Crippen LogP contribution in [0, 0.1) is 5.82 Å². The zero-order valence-electron chi connectivity index (χ0n) is 17.3. The van der Waals surface area contributed by atoms with Gasteiger partial charge in [0.15, 0.2) is 11.5 Å². The highest BCUT2D eigenvalue weighted by atomic mass is 35.5. The van der Waals surface area contributed by atoms with Crippen molar-refractivity contribution >= 4 is 51.5 Å². The maximum absolute atomic E-state index is 13.5. The summed E-state index contributed by atoms with van der Waals surface area (Å²) < 4.78 is 25.2. The standard InChI is InChI=1S/C22H21Cl2FN4O3/c1-31-19-10-18-15(9-20(19)32-14-4-6-29(7-5-14)21(30)11-23)22(27-12-26-18)28-13-2-3-17(25)16(24)8-13/h2-3,8-10,12,14H,4-7,11H2,1H3,(H,26,27,28). The Morgan fingerprint density at radius 3 is 2.69 bits per heavy atom. The molecule has 1 N–H and O–H groups in total. The number of halogens is 3. The minimum absolute atomic E-state index is 0.0121. The number of nitrogens with zero attached hydrogens (tertiary/aromatic N) is 3. The van der Waals surface area contributed by atoms with Crippen LogP contribution >= 0.6 is 23.2 Å². The van der Waals surface area contributed by atoms with Crippen molar-refractivity contribution in [1.82, 2.24) is 14.9 Å². The second-order valence-corrected chi connectivity index (χ2v) is 8.00. The molecule has 1 aliphatic heterocycles. The fraction of sp³-hybridized carbons (Fsp3) is 0.318. The zero-order chi connectivity index (χ0) is 22.7. The van der Waals surface area contributed by atoms with E-state index in [0.717, 1.165) is 0 Å². The van der Waals surface area contributed by atoms with Crippen molar-refractivity contribution in [3.8, 4) is 11.5 Å². The number of ether oxygens (including phenoxy) is 2. The Kier molecular flexibility index (Phi) is 6.81. The van der Waals surface area contributed by atoms with E-state index in [-0.39, 0.29) is 22.9 Å². The van der Waals surface area contributed by atoms with Crippen LogP contribution in [0.25, 0.3) is 10.9 Å². The molecule has 2 aromatic carbocycles. The van der Waals surface area contributed by atoms with Crippen molar-refractivity contribution in [1.29, 1.82) is 0 Å². The number of amides is 1. The van der Waals surface area contributed by atoms with Crippen LogP contribution in [0.3, 0.4) is 0 Å². The number of methoxy groups -OCH3 is 1. The summed E-state index contributed by atoms with van der Waals surface area (Å²) in [6.07, 6.45) is 2.74. The van der Waals surface area contributed by atoms with Gasteiger partial charge in [-0.1, -0.05) is 11.6 Å². The Morgan fingerprint density at radius 1 is 1.22 bits per heavy atom. The van der Waals surface area contributed by atoms with Crippen LogP contribution in [0.5, 0.6) is 11.5 Å². The first-order valence-electron chi connectivity index (χ1n) is 10.0. The molecule has 0 atom stereocenters. The fourth-order valence-electron chi connectivity index (χ4n) is 3.61. The van der Waals surface area contributed by atoms with Gasteiger partial charge < -0.3 is 19.7 Å². The second-order valence-electron chi connectivity index (χ2n) is 7.33. The lowest BCUT2D eigenvalue weighted by molar-refractivity contribution is -0.130. The SMILES string of the molecule is COc1cc2ncnc(Nc3ccc(F)c(Cl)c3)c2cc1OC1CCN(C(=O)CCl)CC1.